The number of piperazine rings is 1. The summed E-state index contributed by atoms with van der Waals surface area (Å²) in [5.41, 5.74) is 0.386. The fourth-order valence-electron chi connectivity index (χ4n) is 3.41. The molecular formula is C21H23F2N3O4. The Morgan fingerprint density at radius 3 is 2.47 bits per heavy atom. The number of hydrogen-bond donors (Lipinski definition) is 1. The second-order valence-corrected chi connectivity index (χ2v) is 7.16. The first kappa shape index (κ1) is 20.4. The maximum absolute atomic E-state index is 13.1. The lowest BCUT2D eigenvalue weighted by atomic mass is 10.2. The van der Waals surface area contributed by atoms with Gasteiger partial charge >= 0.3 is 6.29 Å². The summed E-state index contributed by atoms with van der Waals surface area (Å²) < 4.78 is 40.7. The van der Waals surface area contributed by atoms with E-state index in [9.17, 15) is 13.6 Å². The van der Waals surface area contributed by atoms with E-state index in [1.165, 1.54) is 18.2 Å². The first-order valence-electron chi connectivity index (χ1n) is 9.79. The lowest BCUT2D eigenvalue weighted by Crippen LogP contribution is -2.49. The van der Waals surface area contributed by atoms with Gasteiger partial charge in [0, 0.05) is 44.5 Å². The number of para-hydroxylation sites is 1. The second kappa shape index (κ2) is 8.85. The molecule has 0 radical (unpaired) electrons. The van der Waals surface area contributed by atoms with E-state index in [2.05, 4.69) is 24.6 Å². The van der Waals surface area contributed by atoms with Gasteiger partial charge in [-0.05, 0) is 24.3 Å². The molecule has 0 bridgehead atoms. The predicted octanol–water partition coefficient (Wildman–Crippen LogP) is 2.64. The Morgan fingerprint density at radius 1 is 1.00 bits per heavy atom. The maximum Gasteiger partial charge on any atom is 0.586 e. The van der Waals surface area contributed by atoms with Crippen molar-refractivity contribution in [2.75, 3.05) is 51.2 Å². The zero-order valence-electron chi connectivity index (χ0n) is 16.4. The second-order valence-electron chi connectivity index (χ2n) is 7.16. The molecule has 1 fully saturated rings. The van der Waals surface area contributed by atoms with E-state index < -0.39 is 6.29 Å². The number of nitrogens with one attached hydrogen (secondary N) is 1. The van der Waals surface area contributed by atoms with Crippen molar-refractivity contribution in [1.82, 2.24) is 9.80 Å². The third-order valence-electron chi connectivity index (χ3n) is 4.94. The summed E-state index contributed by atoms with van der Waals surface area (Å²) in [5, 5.41) is 2.72. The van der Waals surface area contributed by atoms with Crippen LogP contribution in [0.15, 0.2) is 48.5 Å². The Morgan fingerprint density at radius 2 is 1.70 bits per heavy atom. The van der Waals surface area contributed by atoms with Gasteiger partial charge in [-0.3, -0.25) is 14.6 Å². The molecule has 2 aliphatic heterocycles. The molecule has 0 aromatic heterocycles. The first-order chi connectivity index (χ1) is 14.5. The van der Waals surface area contributed by atoms with Crippen molar-refractivity contribution in [3.63, 3.8) is 0 Å². The predicted molar refractivity (Wildman–Crippen MR) is 106 cm³/mol. The van der Waals surface area contributed by atoms with Crippen LogP contribution in [0.4, 0.5) is 14.5 Å². The smallest absolute Gasteiger partial charge is 0.492 e. The maximum atomic E-state index is 13.1. The zero-order chi connectivity index (χ0) is 21.0. The van der Waals surface area contributed by atoms with Gasteiger partial charge in [-0.25, -0.2) is 0 Å². The van der Waals surface area contributed by atoms with Crippen molar-refractivity contribution >= 4 is 11.6 Å². The molecule has 0 saturated carbocycles. The summed E-state index contributed by atoms with van der Waals surface area (Å²) in [7, 11) is 0. The number of fused-ring (bicyclic) bond motifs is 1. The minimum atomic E-state index is -3.67. The first-order valence-corrected chi connectivity index (χ1v) is 9.79. The molecule has 4 rings (SSSR count). The molecule has 7 nitrogen and oxygen atoms in total. The number of amides is 1. The average molecular weight is 419 g/mol. The van der Waals surface area contributed by atoms with Crippen molar-refractivity contribution in [2.45, 2.75) is 6.29 Å². The zero-order valence-corrected chi connectivity index (χ0v) is 16.4. The van der Waals surface area contributed by atoms with Crippen LogP contribution in [0.2, 0.25) is 0 Å². The van der Waals surface area contributed by atoms with Crippen molar-refractivity contribution in [1.29, 1.82) is 0 Å². The molecule has 0 aliphatic carbocycles. The standard InChI is InChI=1S/C21H23F2N3O4/c22-21(23)29-18-7-6-16(14-19(18)30-21)24-20(27)15-26-10-8-25(9-11-26)12-13-28-17-4-2-1-3-5-17/h1-7,14H,8-13,15H2,(H,24,27). The van der Waals surface area contributed by atoms with E-state index in [0.29, 0.717) is 12.3 Å². The quantitative estimate of drug-likeness (QED) is 0.745. The third kappa shape index (κ3) is 5.37. The van der Waals surface area contributed by atoms with Gasteiger partial charge in [0.2, 0.25) is 5.91 Å². The molecule has 1 amide bonds. The number of alkyl halides is 2. The van der Waals surface area contributed by atoms with Gasteiger partial charge in [0.1, 0.15) is 12.4 Å². The van der Waals surface area contributed by atoms with E-state index in [4.69, 9.17) is 4.74 Å². The van der Waals surface area contributed by atoms with Crippen molar-refractivity contribution < 1.29 is 27.8 Å². The van der Waals surface area contributed by atoms with Crippen molar-refractivity contribution in [2.24, 2.45) is 0 Å². The average Bonchev–Trinajstić information content (AvgIpc) is 3.03. The highest BCUT2D eigenvalue weighted by Crippen LogP contribution is 2.42. The summed E-state index contributed by atoms with van der Waals surface area (Å²) in [6.07, 6.45) is -3.67. The van der Waals surface area contributed by atoms with E-state index in [-0.39, 0.29) is 24.0 Å². The number of carbonyl (C=O) groups excluding carboxylic acids is 1. The SMILES string of the molecule is O=C(CN1CCN(CCOc2ccccc2)CC1)Nc1ccc2c(c1)OC(F)(F)O2. The van der Waals surface area contributed by atoms with Gasteiger partial charge in [-0.1, -0.05) is 18.2 Å². The number of nitrogens with zero attached hydrogens (tertiary/aromatic N) is 2. The molecule has 2 aliphatic rings. The van der Waals surface area contributed by atoms with Gasteiger partial charge < -0.3 is 19.5 Å². The van der Waals surface area contributed by atoms with Gasteiger partial charge in [-0.15, -0.1) is 8.78 Å². The number of carbonyl (C=O) groups is 1. The van der Waals surface area contributed by atoms with Crippen molar-refractivity contribution in [3.05, 3.63) is 48.5 Å². The molecule has 30 heavy (non-hydrogen) atoms. The normalized spacial score (nSPS) is 18.2. The summed E-state index contributed by atoms with van der Waals surface area (Å²) in [4.78, 5) is 16.7. The van der Waals surface area contributed by atoms with Crippen molar-refractivity contribution in [3.8, 4) is 17.2 Å². The number of anilines is 1. The monoisotopic (exact) mass is 419 g/mol. The van der Waals surface area contributed by atoms with Gasteiger partial charge in [0.25, 0.3) is 0 Å². The van der Waals surface area contributed by atoms with E-state index in [0.717, 1.165) is 38.5 Å². The lowest BCUT2D eigenvalue weighted by molar-refractivity contribution is -0.286. The van der Waals surface area contributed by atoms with Crippen LogP contribution >= 0.6 is 0 Å². The van der Waals surface area contributed by atoms with E-state index in [1.807, 2.05) is 30.3 Å². The minimum Gasteiger partial charge on any atom is -0.492 e. The summed E-state index contributed by atoms with van der Waals surface area (Å²) >= 11 is 0. The molecule has 2 aromatic rings. The number of rotatable bonds is 7. The Balaban J connectivity index is 1.17. The number of ether oxygens (including phenoxy) is 3. The van der Waals surface area contributed by atoms with E-state index in [1.54, 1.807) is 0 Å². The molecule has 9 heteroatoms. The van der Waals surface area contributed by atoms with Crippen LogP contribution in [0.25, 0.3) is 0 Å². The highest BCUT2D eigenvalue weighted by Gasteiger charge is 2.43. The molecule has 0 atom stereocenters. The summed E-state index contributed by atoms with van der Waals surface area (Å²) in [6.45, 7) is 4.93. The van der Waals surface area contributed by atoms with Crippen LogP contribution in [0.5, 0.6) is 17.2 Å². The van der Waals surface area contributed by atoms with Crippen LogP contribution in [0.3, 0.4) is 0 Å². The van der Waals surface area contributed by atoms with Crippen LogP contribution in [-0.4, -0.2) is 67.9 Å². The van der Waals surface area contributed by atoms with Crippen LogP contribution in [0, 0.1) is 0 Å². The largest absolute Gasteiger partial charge is 0.586 e. The van der Waals surface area contributed by atoms with Crippen LogP contribution in [0.1, 0.15) is 0 Å². The summed E-state index contributed by atoms with van der Waals surface area (Å²) in [6, 6.07) is 13.9. The number of hydrogen-bond acceptors (Lipinski definition) is 6. The number of benzene rings is 2. The highest BCUT2D eigenvalue weighted by atomic mass is 19.3. The molecule has 160 valence electrons. The van der Waals surface area contributed by atoms with Crippen LogP contribution < -0.4 is 19.5 Å². The van der Waals surface area contributed by atoms with Crippen LogP contribution in [-0.2, 0) is 4.79 Å². The lowest BCUT2D eigenvalue weighted by Gasteiger charge is -2.34. The molecule has 0 spiro atoms. The van der Waals surface area contributed by atoms with Gasteiger partial charge in [0.05, 0.1) is 6.54 Å². The number of halogens is 2. The minimum absolute atomic E-state index is 0.0506. The molecular weight excluding hydrogens is 396 g/mol. The van der Waals surface area contributed by atoms with Gasteiger partial charge in [-0.2, -0.15) is 0 Å². The Kier molecular flexibility index (Phi) is 6.01. The highest BCUT2D eigenvalue weighted by molar-refractivity contribution is 5.92. The van der Waals surface area contributed by atoms with E-state index >= 15 is 0 Å². The summed E-state index contributed by atoms with van der Waals surface area (Å²) in [5.74, 6) is 0.510. The Labute approximate surface area is 173 Å². The molecule has 0 unspecified atom stereocenters. The molecule has 1 N–H and O–H groups in total. The molecule has 2 heterocycles. The topological polar surface area (TPSA) is 63.3 Å². The Hall–Kier alpha value is -2.91. The molecule has 1 saturated heterocycles. The molecule has 2 aromatic carbocycles. The fourth-order valence-corrected chi connectivity index (χ4v) is 3.41. The third-order valence-corrected chi connectivity index (χ3v) is 4.94. The fraction of sp³-hybridized carbons (Fsp3) is 0.381. The van der Waals surface area contributed by atoms with Gasteiger partial charge in [0.15, 0.2) is 11.5 Å². The Bertz CT molecular complexity index is 874.